The molecule has 0 aliphatic heterocycles. The number of para-hydroxylation sites is 2. The van der Waals surface area contributed by atoms with Crippen LogP contribution in [-0.4, -0.2) is 16.5 Å². The molecule has 0 aliphatic rings. The van der Waals surface area contributed by atoms with Crippen molar-refractivity contribution in [2.24, 2.45) is 0 Å². The summed E-state index contributed by atoms with van der Waals surface area (Å²) in [7, 11) is 0. The standard InChI is InChI=1S/C19H13N3O3/c20-12-13-25-18-7-2-1-4-14(18)8-10-16-11-9-15-5-3-6-17(22(23)24)19(15)21-16/h1-11H,13H2/b10-8+. The first-order chi connectivity index (χ1) is 12.2. The van der Waals surface area contributed by atoms with Gasteiger partial charge in [-0.05, 0) is 24.3 Å². The number of non-ortho nitro benzene ring substituents is 1. The van der Waals surface area contributed by atoms with Crippen LogP contribution in [-0.2, 0) is 0 Å². The van der Waals surface area contributed by atoms with Gasteiger partial charge in [0.1, 0.15) is 17.3 Å². The minimum Gasteiger partial charge on any atom is -0.478 e. The van der Waals surface area contributed by atoms with Gasteiger partial charge in [0.15, 0.2) is 6.61 Å². The maximum atomic E-state index is 11.2. The molecule has 0 unspecified atom stereocenters. The van der Waals surface area contributed by atoms with E-state index in [1.807, 2.05) is 24.3 Å². The second-order valence-electron chi connectivity index (χ2n) is 5.16. The zero-order chi connectivity index (χ0) is 17.6. The number of hydrogen-bond donors (Lipinski definition) is 0. The molecule has 0 atom stereocenters. The fraction of sp³-hybridized carbons (Fsp3) is 0.0526. The summed E-state index contributed by atoms with van der Waals surface area (Å²) in [6, 6.07) is 17.7. The Morgan fingerprint density at radius 2 is 1.96 bits per heavy atom. The Morgan fingerprint density at radius 3 is 2.76 bits per heavy atom. The number of nitro benzene ring substituents is 1. The number of aromatic nitrogens is 1. The van der Waals surface area contributed by atoms with Crippen LogP contribution < -0.4 is 4.74 Å². The van der Waals surface area contributed by atoms with Gasteiger partial charge in [0, 0.05) is 17.0 Å². The maximum Gasteiger partial charge on any atom is 0.295 e. The van der Waals surface area contributed by atoms with Crippen molar-refractivity contribution in [2.45, 2.75) is 0 Å². The molecular weight excluding hydrogens is 318 g/mol. The lowest BCUT2D eigenvalue weighted by atomic mass is 10.1. The van der Waals surface area contributed by atoms with Crippen molar-refractivity contribution < 1.29 is 9.66 Å². The van der Waals surface area contributed by atoms with Gasteiger partial charge in [-0.1, -0.05) is 36.4 Å². The number of nitrogens with zero attached hydrogens (tertiary/aromatic N) is 3. The van der Waals surface area contributed by atoms with Crippen LogP contribution in [0.3, 0.4) is 0 Å². The molecule has 0 bridgehead atoms. The third-order valence-corrected chi connectivity index (χ3v) is 3.56. The van der Waals surface area contributed by atoms with Crippen molar-refractivity contribution in [1.82, 2.24) is 4.98 Å². The number of rotatable bonds is 5. The second-order valence-corrected chi connectivity index (χ2v) is 5.16. The first kappa shape index (κ1) is 16.1. The molecule has 3 aromatic rings. The number of nitriles is 1. The van der Waals surface area contributed by atoms with Crippen LogP contribution in [0.1, 0.15) is 11.3 Å². The summed E-state index contributed by atoms with van der Waals surface area (Å²) in [6.07, 6.45) is 3.56. The summed E-state index contributed by atoms with van der Waals surface area (Å²) >= 11 is 0. The van der Waals surface area contributed by atoms with E-state index in [4.69, 9.17) is 10.00 Å². The Kier molecular flexibility index (Phi) is 4.67. The average Bonchev–Trinajstić information content (AvgIpc) is 2.64. The van der Waals surface area contributed by atoms with Crippen molar-refractivity contribution in [3.05, 3.63) is 76.0 Å². The van der Waals surface area contributed by atoms with E-state index in [1.54, 1.807) is 42.5 Å². The Balaban J connectivity index is 1.96. The quantitative estimate of drug-likeness (QED) is 0.516. The highest BCUT2D eigenvalue weighted by atomic mass is 16.6. The van der Waals surface area contributed by atoms with Crippen molar-refractivity contribution in [1.29, 1.82) is 5.26 Å². The lowest BCUT2D eigenvalue weighted by Gasteiger charge is -2.05. The molecule has 1 aromatic heterocycles. The molecule has 0 saturated heterocycles. The Labute approximate surface area is 143 Å². The van der Waals surface area contributed by atoms with Crippen LogP contribution in [0.5, 0.6) is 5.75 Å². The smallest absolute Gasteiger partial charge is 0.295 e. The summed E-state index contributed by atoms with van der Waals surface area (Å²) in [5.41, 5.74) is 1.72. The Bertz CT molecular complexity index is 1010. The summed E-state index contributed by atoms with van der Waals surface area (Å²) in [5.74, 6) is 0.590. The average molecular weight is 331 g/mol. The van der Waals surface area contributed by atoms with E-state index in [1.165, 1.54) is 6.07 Å². The van der Waals surface area contributed by atoms with Crippen molar-refractivity contribution in [3.8, 4) is 11.8 Å². The number of pyridine rings is 1. The van der Waals surface area contributed by atoms with Crippen LogP contribution in [0.25, 0.3) is 23.1 Å². The largest absolute Gasteiger partial charge is 0.478 e. The lowest BCUT2D eigenvalue weighted by Crippen LogP contribution is -1.95. The summed E-state index contributed by atoms with van der Waals surface area (Å²) in [6.45, 7) is -0.0364. The van der Waals surface area contributed by atoms with E-state index in [9.17, 15) is 10.1 Å². The highest BCUT2D eigenvalue weighted by Gasteiger charge is 2.12. The molecule has 0 spiro atoms. The number of ether oxygens (including phenoxy) is 1. The van der Waals surface area contributed by atoms with E-state index >= 15 is 0 Å². The summed E-state index contributed by atoms with van der Waals surface area (Å²) in [4.78, 5) is 15.1. The van der Waals surface area contributed by atoms with Crippen LogP contribution in [0.15, 0.2) is 54.6 Å². The minimum atomic E-state index is -0.437. The van der Waals surface area contributed by atoms with E-state index in [2.05, 4.69) is 4.98 Å². The molecule has 3 rings (SSSR count). The molecule has 6 nitrogen and oxygen atoms in total. The third-order valence-electron chi connectivity index (χ3n) is 3.56. The van der Waals surface area contributed by atoms with E-state index in [0.717, 1.165) is 5.56 Å². The van der Waals surface area contributed by atoms with Gasteiger partial charge in [-0.2, -0.15) is 5.26 Å². The van der Waals surface area contributed by atoms with Gasteiger partial charge in [0.2, 0.25) is 0 Å². The Morgan fingerprint density at radius 1 is 1.12 bits per heavy atom. The van der Waals surface area contributed by atoms with Crippen LogP contribution >= 0.6 is 0 Å². The molecule has 0 radical (unpaired) electrons. The van der Waals surface area contributed by atoms with Crippen molar-refractivity contribution >= 4 is 28.7 Å². The Hall–Kier alpha value is -3.72. The molecular formula is C19H13N3O3. The van der Waals surface area contributed by atoms with E-state index in [0.29, 0.717) is 22.3 Å². The number of nitro groups is 1. The van der Waals surface area contributed by atoms with Crippen molar-refractivity contribution in [2.75, 3.05) is 6.61 Å². The molecule has 0 saturated carbocycles. The van der Waals surface area contributed by atoms with E-state index < -0.39 is 4.92 Å². The fourth-order valence-corrected chi connectivity index (χ4v) is 2.42. The molecule has 0 N–H and O–H groups in total. The molecule has 0 amide bonds. The molecule has 122 valence electrons. The highest BCUT2D eigenvalue weighted by molar-refractivity contribution is 5.88. The van der Waals surface area contributed by atoms with Crippen LogP contribution in [0.4, 0.5) is 5.69 Å². The molecule has 2 aromatic carbocycles. The van der Waals surface area contributed by atoms with Gasteiger partial charge < -0.3 is 4.74 Å². The van der Waals surface area contributed by atoms with Gasteiger partial charge >= 0.3 is 0 Å². The van der Waals surface area contributed by atoms with Gasteiger partial charge in [-0.25, -0.2) is 4.98 Å². The third kappa shape index (κ3) is 3.62. The van der Waals surface area contributed by atoms with Crippen LogP contribution in [0.2, 0.25) is 0 Å². The zero-order valence-corrected chi connectivity index (χ0v) is 13.1. The predicted molar refractivity (Wildman–Crippen MR) is 94.9 cm³/mol. The minimum absolute atomic E-state index is 0.0227. The predicted octanol–water partition coefficient (Wildman–Crippen LogP) is 4.22. The highest BCUT2D eigenvalue weighted by Crippen LogP contribution is 2.25. The number of fused-ring (bicyclic) bond motifs is 1. The topological polar surface area (TPSA) is 89.0 Å². The van der Waals surface area contributed by atoms with E-state index in [-0.39, 0.29) is 12.3 Å². The van der Waals surface area contributed by atoms with Gasteiger partial charge in [-0.15, -0.1) is 0 Å². The molecule has 0 fully saturated rings. The lowest BCUT2D eigenvalue weighted by molar-refractivity contribution is -0.383. The fourth-order valence-electron chi connectivity index (χ4n) is 2.42. The summed E-state index contributed by atoms with van der Waals surface area (Å²) < 4.78 is 5.37. The summed E-state index contributed by atoms with van der Waals surface area (Å²) in [5, 5.41) is 20.5. The second kappa shape index (κ2) is 7.23. The van der Waals surface area contributed by atoms with Crippen molar-refractivity contribution in [3.63, 3.8) is 0 Å². The molecule has 0 aliphatic carbocycles. The first-order valence-electron chi connectivity index (χ1n) is 7.50. The monoisotopic (exact) mass is 331 g/mol. The number of hydrogen-bond acceptors (Lipinski definition) is 5. The number of benzene rings is 2. The first-order valence-corrected chi connectivity index (χ1v) is 7.50. The maximum absolute atomic E-state index is 11.2. The molecule has 6 heteroatoms. The van der Waals surface area contributed by atoms with Gasteiger partial charge in [0.25, 0.3) is 5.69 Å². The SMILES string of the molecule is N#CCOc1ccccc1/C=C/c1ccc2cccc([N+](=O)[O-])c2n1. The zero-order valence-electron chi connectivity index (χ0n) is 13.1. The molecule has 25 heavy (non-hydrogen) atoms. The van der Waals surface area contributed by atoms with Gasteiger partial charge in [-0.3, -0.25) is 10.1 Å². The van der Waals surface area contributed by atoms with Crippen LogP contribution in [0, 0.1) is 21.4 Å². The van der Waals surface area contributed by atoms with Gasteiger partial charge in [0.05, 0.1) is 10.6 Å². The normalized spacial score (nSPS) is 10.7. The molecule has 1 heterocycles.